The first-order valence-electron chi connectivity index (χ1n) is 7.50. The van der Waals surface area contributed by atoms with Gasteiger partial charge < -0.3 is 15.2 Å². The van der Waals surface area contributed by atoms with Crippen molar-refractivity contribution in [1.82, 2.24) is 9.97 Å². The summed E-state index contributed by atoms with van der Waals surface area (Å²) in [6.45, 7) is 2.05. The van der Waals surface area contributed by atoms with Crippen molar-refractivity contribution in [1.29, 1.82) is 0 Å². The van der Waals surface area contributed by atoms with E-state index in [9.17, 15) is 4.79 Å². The van der Waals surface area contributed by atoms with Gasteiger partial charge in [0.15, 0.2) is 0 Å². The average Bonchev–Trinajstić information content (AvgIpc) is 2.62. The Bertz CT molecular complexity index is 909. The second-order valence-corrected chi connectivity index (χ2v) is 5.10. The SMILES string of the molecule is CCOC(=O)c1cnc(N)c2nc(-c3cccc(OC)c3)ccc12. The second kappa shape index (κ2) is 6.54. The van der Waals surface area contributed by atoms with E-state index >= 15 is 0 Å². The number of ether oxygens (including phenoxy) is 2. The molecule has 0 saturated heterocycles. The zero-order valence-electron chi connectivity index (χ0n) is 13.4. The number of nitrogens with zero attached hydrogens (tertiary/aromatic N) is 2. The summed E-state index contributed by atoms with van der Waals surface area (Å²) in [6, 6.07) is 11.2. The average molecular weight is 323 g/mol. The van der Waals surface area contributed by atoms with E-state index in [0.717, 1.165) is 17.0 Å². The number of nitrogens with two attached hydrogens (primary N) is 1. The number of methoxy groups -OCH3 is 1. The lowest BCUT2D eigenvalue weighted by Crippen LogP contribution is -2.08. The van der Waals surface area contributed by atoms with Gasteiger partial charge in [0.2, 0.25) is 0 Å². The number of aromatic nitrogens is 2. The first-order valence-corrected chi connectivity index (χ1v) is 7.50. The van der Waals surface area contributed by atoms with Crippen LogP contribution in [0.1, 0.15) is 17.3 Å². The minimum atomic E-state index is -0.439. The number of pyridine rings is 2. The van der Waals surface area contributed by atoms with Gasteiger partial charge in [-0.15, -0.1) is 0 Å². The molecule has 0 atom stereocenters. The van der Waals surface area contributed by atoms with Crippen molar-refractivity contribution in [3.63, 3.8) is 0 Å². The van der Waals surface area contributed by atoms with Crippen LogP contribution in [0.5, 0.6) is 5.75 Å². The maximum Gasteiger partial charge on any atom is 0.340 e. The Balaban J connectivity index is 2.14. The van der Waals surface area contributed by atoms with Crippen molar-refractivity contribution in [2.75, 3.05) is 19.5 Å². The Labute approximate surface area is 139 Å². The van der Waals surface area contributed by atoms with Gasteiger partial charge in [-0.1, -0.05) is 12.1 Å². The van der Waals surface area contributed by atoms with Crippen LogP contribution in [0.3, 0.4) is 0 Å². The number of esters is 1. The number of fused-ring (bicyclic) bond motifs is 1. The standard InChI is InChI=1S/C18H17N3O3/c1-3-24-18(22)14-10-20-17(19)16-13(14)7-8-15(21-16)11-5-4-6-12(9-11)23-2/h4-10H,3H2,1-2H3,(H2,19,20). The Morgan fingerprint density at radius 3 is 2.83 bits per heavy atom. The Kier molecular flexibility index (Phi) is 4.29. The van der Waals surface area contributed by atoms with Crippen molar-refractivity contribution in [2.24, 2.45) is 0 Å². The maximum atomic E-state index is 12.1. The number of benzene rings is 1. The third kappa shape index (κ3) is 2.86. The summed E-state index contributed by atoms with van der Waals surface area (Å²) in [5.74, 6) is 0.564. The summed E-state index contributed by atoms with van der Waals surface area (Å²) in [7, 11) is 1.61. The summed E-state index contributed by atoms with van der Waals surface area (Å²) < 4.78 is 10.3. The molecule has 122 valence electrons. The number of carbonyl (C=O) groups is 1. The highest BCUT2D eigenvalue weighted by Crippen LogP contribution is 2.27. The molecule has 0 aliphatic heterocycles. The van der Waals surface area contributed by atoms with Gasteiger partial charge in [0.25, 0.3) is 0 Å². The summed E-state index contributed by atoms with van der Waals surface area (Å²) in [5, 5.41) is 0.618. The number of rotatable bonds is 4. The van der Waals surface area contributed by atoms with Crippen LogP contribution in [0.15, 0.2) is 42.6 Å². The molecule has 0 radical (unpaired) electrons. The Morgan fingerprint density at radius 1 is 1.25 bits per heavy atom. The molecule has 3 aromatic rings. The van der Waals surface area contributed by atoms with Crippen LogP contribution in [0, 0.1) is 0 Å². The van der Waals surface area contributed by atoms with E-state index in [1.54, 1.807) is 20.1 Å². The van der Waals surface area contributed by atoms with E-state index in [4.69, 9.17) is 15.2 Å². The fraction of sp³-hybridized carbons (Fsp3) is 0.167. The van der Waals surface area contributed by atoms with E-state index in [0.29, 0.717) is 23.1 Å². The predicted molar refractivity (Wildman–Crippen MR) is 91.9 cm³/mol. The van der Waals surface area contributed by atoms with E-state index in [-0.39, 0.29) is 5.82 Å². The molecule has 0 amide bonds. The number of carbonyl (C=O) groups excluding carboxylic acids is 1. The van der Waals surface area contributed by atoms with Crippen molar-refractivity contribution in [3.8, 4) is 17.0 Å². The van der Waals surface area contributed by atoms with Crippen molar-refractivity contribution in [2.45, 2.75) is 6.92 Å². The zero-order valence-corrected chi connectivity index (χ0v) is 13.4. The molecule has 2 aromatic heterocycles. The highest BCUT2D eigenvalue weighted by atomic mass is 16.5. The number of anilines is 1. The molecular formula is C18H17N3O3. The quantitative estimate of drug-likeness (QED) is 0.742. The monoisotopic (exact) mass is 323 g/mol. The molecule has 0 fully saturated rings. The van der Waals surface area contributed by atoms with Gasteiger partial charge >= 0.3 is 5.97 Å². The normalized spacial score (nSPS) is 10.6. The molecule has 1 aromatic carbocycles. The molecule has 0 saturated carbocycles. The van der Waals surface area contributed by atoms with Crippen LogP contribution in [0.4, 0.5) is 5.82 Å². The molecule has 0 aliphatic rings. The smallest absolute Gasteiger partial charge is 0.340 e. The summed E-state index contributed by atoms with van der Waals surface area (Å²) in [5.41, 5.74) is 8.38. The van der Waals surface area contributed by atoms with Gasteiger partial charge in [0.1, 0.15) is 17.1 Å². The first kappa shape index (κ1) is 15.7. The van der Waals surface area contributed by atoms with Gasteiger partial charge in [0, 0.05) is 17.1 Å². The lowest BCUT2D eigenvalue weighted by Gasteiger charge is -2.09. The lowest BCUT2D eigenvalue weighted by molar-refractivity contribution is 0.0528. The summed E-state index contributed by atoms with van der Waals surface area (Å²) >= 11 is 0. The highest BCUT2D eigenvalue weighted by Gasteiger charge is 2.15. The maximum absolute atomic E-state index is 12.1. The number of hydrogen-bond acceptors (Lipinski definition) is 6. The number of hydrogen-bond donors (Lipinski definition) is 1. The second-order valence-electron chi connectivity index (χ2n) is 5.10. The van der Waals surface area contributed by atoms with E-state index in [2.05, 4.69) is 9.97 Å². The van der Waals surface area contributed by atoms with Crippen LogP contribution in [0.2, 0.25) is 0 Å². The van der Waals surface area contributed by atoms with Crippen LogP contribution in [-0.2, 0) is 4.74 Å². The molecule has 24 heavy (non-hydrogen) atoms. The third-order valence-electron chi connectivity index (χ3n) is 3.62. The first-order chi connectivity index (χ1) is 11.6. The van der Waals surface area contributed by atoms with Crippen LogP contribution in [0.25, 0.3) is 22.2 Å². The molecule has 2 N–H and O–H groups in total. The van der Waals surface area contributed by atoms with Gasteiger partial charge in [0.05, 0.1) is 25.0 Å². The van der Waals surface area contributed by atoms with Gasteiger partial charge in [-0.05, 0) is 31.2 Å². The molecule has 6 heteroatoms. The summed E-state index contributed by atoms with van der Waals surface area (Å²) in [4.78, 5) is 20.7. The fourth-order valence-corrected chi connectivity index (χ4v) is 2.45. The van der Waals surface area contributed by atoms with Crippen LogP contribution in [-0.4, -0.2) is 29.7 Å². The Morgan fingerprint density at radius 2 is 2.08 bits per heavy atom. The topological polar surface area (TPSA) is 87.3 Å². The Hall–Kier alpha value is -3.15. The van der Waals surface area contributed by atoms with E-state index in [1.807, 2.05) is 30.3 Å². The fourth-order valence-electron chi connectivity index (χ4n) is 2.45. The van der Waals surface area contributed by atoms with Gasteiger partial charge in [-0.25, -0.2) is 14.8 Å². The lowest BCUT2D eigenvalue weighted by atomic mass is 10.1. The van der Waals surface area contributed by atoms with Gasteiger partial charge in [-0.3, -0.25) is 0 Å². The molecule has 3 rings (SSSR count). The molecule has 0 bridgehead atoms. The highest BCUT2D eigenvalue weighted by molar-refractivity contribution is 6.06. The van der Waals surface area contributed by atoms with Gasteiger partial charge in [-0.2, -0.15) is 0 Å². The van der Waals surface area contributed by atoms with E-state index < -0.39 is 5.97 Å². The molecular weight excluding hydrogens is 306 g/mol. The minimum Gasteiger partial charge on any atom is -0.497 e. The van der Waals surface area contributed by atoms with Crippen molar-refractivity contribution >= 4 is 22.7 Å². The zero-order chi connectivity index (χ0) is 17.1. The molecule has 0 aliphatic carbocycles. The van der Waals surface area contributed by atoms with Crippen LogP contribution >= 0.6 is 0 Å². The number of nitrogen functional groups attached to an aromatic ring is 1. The predicted octanol–water partition coefficient (Wildman–Crippen LogP) is 3.06. The molecule has 0 unspecified atom stereocenters. The summed E-state index contributed by atoms with van der Waals surface area (Å²) in [6.07, 6.45) is 1.42. The minimum absolute atomic E-state index is 0.266. The largest absolute Gasteiger partial charge is 0.497 e. The van der Waals surface area contributed by atoms with Crippen molar-refractivity contribution < 1.29 is 14.3 Å². The molecule has 2 heterocycles. The van der Waals surface area contributed by atoms with Crippen molar-refractivity contribution in [3.05, 3.63) is 48.2 Å². The third-order valence-corrected chi connectivity index (χ3v) is 3.62. The van der Waals surface area contributed by atoms with Crippen LogP contribution < -0.4 is 10.5 Å². The van der Waals surface area contributed by atoms with E-state index in [1.165, 1.54) is 6.20 Å². The molecule has 6 nitrogen and oxygen atoms in total. The molecule has 0 spiro atoms.